The quantitative estimate of drug-likeness (QED) is 0.587. The average molecular weight is 227 g/mol. The zero-order valence-corrected chi connectivity index (χ0v) is 12.7. The first kappa shape index (κ1) is 16.0. The van der Waals surface area contributed by atoms with Gasteiger partial charge in [0.15, 0.2) is 0 Å². The maximum atomic E-state index is 2.51. The zero-order valence-electron chi connectivity index (χ0n) is 12.7. The second kappa shape index (κ2) is 6.64. The van der Waals surface area contributed by atoms with E-state index in [1.807, 2.05) is 0 Å². The van der Waals surface area contributed by atoms with Crippen molar-refractivity contribution in [3.8, 4) is 0 Å². The fourth-order valence-corrected chi connectivity index (χ4v) is 2.36. The van der Waals surface area contributed by atoms with Crippen LogP contribution in [0.15, 0.2) is 0 Å². The minimum atomic E-state index is 0.454. The van der Waals surface area contributed by atoms with Crippen LogP contribution >= 0.6 is 0 Å². The van der Waals surface area contributed by atoms with Gasteiger partial charge in [0.25, 0.3) is 0 Å². The molecule has 0 unspecified atom stereocenters. The molecule has 1 nitrogen and oxygen atoms in total. The molecule has 98 valence electrons. The highest BCUT2D eigenvalue weighted by Crippen LogP contribution is 2.27. The summed E-state index contributed by atoms with van der Waals surface area (Å²) in [4.78, 5) is 2.51. The Labute approximate surface area is 104 Å². The lowest BCUT2D eigenvalue weighted by Crippen LogP contribution is -2.37. The fraction of sp³-hybridized carbons (Fsp3) is 1.00. The van der Waals surface area contributed by atoms with E-state index in [1.165, 1.54) is 38.8 Å². The zero-order chi connectivity index (χ0) is 12.8. The van der Waals surface area contributed by atoms with Gasteiger partial charge in [0.05, 0.1) is 0 Å². The van der Waals surface area contributed by atoms with Gasteiger partial charge in [0.1, 0.15) is 0 Å². The third-order valence-electron chi connectivity index (χ3n) is 3.56. The first-order valence-corrected chi connectivity index (χ1v) is 6.91. The predicted molar refractivity (Wildman–Crippen MR) is 74.9 cm³/mol. The van der Waals surface area contributed by atoms with Crippen molar-refractivity contribution in [1.29, 1.82) is 0 Å². The van der Waals surface area contributed by atoms with Gasteiger partial charge in [-0.25, -0.2) is 0 Å². The predicted octanol–water partition coefficient (Wildman–Crippen LogP) is 4.57. The van der Waals surface area contributed by atoms with Crippen LogP contribution < -0.4 is 0 Å². The Kier molecular flexibility index (Phi) is 6.62. The summed E-state index contributed by atoms with van der Waals surface area (Å²) in [6, 6.07) is 0. The normalized spacial score (nSPS) is 13.5. The lowest BCUT2D eigenvalue weighted by Gasteiger charge is -2.35. The third-order valence-corrected chi connectivity index (χ3v) is 3.56. The second-order valence-electron chi connectivity index (χ2n) is 6.96. The van der Waals surface area contributed by atoms with Crippen molar-refractivity contribution in [2.75, 3.05) is 20.1 Å². The van der Waals surface area contributed by atoms with E-state index in [9.17, 15) is 0 Å². The molecule has 0 saturated heterocycles. The van der Waals surface area contributed by atoms with Gasteiger partial charge in [0.2, 0.25) is 0 Å². The SMILES string of the molecule is CCCCC(C)(C)CN(C)CC(C)(C)CC. The Morgan fingerprint density at radius 3 is 1.81 bits per heavy atom. The summed E-state index contributed by atoms with van der Waals surface area (Å²) in [6.45, 7) is 16.5. The lowest BCUT2D eigenvalue weighted by atomic mass is 9.85. The number of hydrogen-bond donors (Lipinski definition) is 0. The molecule has 0 aliphatic heterocycles. The molecule has 0 aromatic heterocycles. The van der Waals surface area contributed by atoms with Crippen molar-refractivity contribution < 1.29 is 0 Å². The topological polar surface area (TPSA) is 3.24 Å². The third kappa shape index (κ3) is 7.27. The van der Waals surface area contributed by atoms with Gasteiger partial charge in [-0.1, -0.05) is 54.4 Å². The van der Waals surface area contributed by atoms with Crippen LogP contribution in [0.3, 0.4) is 0 Å². The van der Waals surface area contributed by atoms with Crippen LogP contribution in [0.25, 0.3) is 0 Å². The minimum absolute atomic E-state index is 0.454. The lowest BCUT2D eigenvalue weighted by molar-refractivity contribution is 0.141. The molecule has 0 heterocycles. The Balaban J connectivity index is 4.07. The molecule has 0 aromatic carbocycles. The van der Waals surface area contributed by atoms with Crippen molar-refractivity contribution in [2.24, 2.45) is 10.8 Å². The van der Waals surface area contributed by atoms with E-state index >= 15 is 0 Å². The molecule has 0 fully saturated rings. The van der Waals surface area contributed by atoms with Crippen molar-refractivity contribution in [3.05, 3.63) is 0 Å². The summed E-state index contributed by atoms with van der Waals surface area (Å²) in [5.41, 5.74) is 0.921. The number of hydrogen-bond acceptors (Lipinski definition) is 1. The molecule has 0 aliphatic rings. The minimum Gasteiger partial charge on any atom is -0.305 e. The molecule has 0 saturated carbocycles. The van der Waals surface area contributed by atoms with Gasteiger partial charge in [-0.05, 0) is 30.7 Å². The average Bonchev–Trinajstić information content (AvgIpc) is 2.13. The van der Waals surface area contributed by atoms with Crippen molar-refractivity contribution in [1.82, 2.24) is 4.90 Å². The van der Waals surface area contributed by atoms with Crippen LogP contribution in [-0.4, -0.2) is 25.0 Å². The highest BCUT2D eigenvalue weighted by atomic mass is 15.1. The summed E-state index contributed by atoms with van der Waals surface area (Å²) < 4.78 is 0. The Hall–Kier alpha value is -0.0400. The van der Waals surface area contributed by atoms with Crippen LogP contribution in [-0.2, 0) is 0 Å². The van der Waals surface area contributed by atoms with E-state index in [-0.39, 0.29) is 0 Å². The molecule has 0 spiro atoms. The molecule has 0 bridgehead atoms. The number of nitrogens with zero attached hydrogens (tertiary/aromatic N) is 1. The van der Waals surface area contributed by atoms with E-state index in [0.717, 1.165) is 0 Å². The number of unbranched alkanes of at least 4 members (excludes halogenated alkanes) is 1. The highest BCUT2D eigenvalue weighted by Gasteiger charge is 2.23. The monoisotopic (exact) mass is 227 g/mol. The summed E-state index contributed by atoms with van der Waals surface area (Å²) in [6.07, 6.45) is 5.28. The van der Waals surface area contributed by atoms with E-state index in [1.54, 1.807) is 0 Å². The van der Waals surface area contributed by atoms with E-state index < -0.39 is 0 Å². The highest BCUT2D eigenvalue weighted by molar-refractivity contribution is 4.76. The van der Waals surface area contributed by atoms with Crippen LogP contribution in [0.5, 0.6) is 0 Å². The molecular formula is C15H33N. The van der Waals surface area contributed by atoms with Gasteiger partial charge < -0.3 is 4.90 Å². The molecule has 16 heavy (non-hydrogen) atoms. The molecule has 0 aromatic rings. The van der Waals surface area contributed by atoms with Crippen molar-refractivity contribution in [3.63, 3.8) is 0 Å². The van der Waals surface area contributed by atoms with Crippen LogP contribution in [0.2, 0.25) is 0 Å². The molecule has 0 radical (unpaired) electrons. The first-order valence-electron chi connectivity index (χ1n) is 6.91. The van der Waals surface area contributed by atoms with E-state index in [0.29, 0.717) is 10.8 Å². The van der Waals surface area contributed by atoms with Crippen molar-refractivity contribution >= 4 is 0 Å². The van der Waals surface area contributed by atoms with Gasteiger partial charge in [-0.3, -0.25) is 0 Å². The maximum Gasteiger partial charge on any atom is 0.00299 e. The molecule has 0 amide bonds. The van der Waals surface area contributed by atoms with Gasteiger partial charge in [-0.15, -0.1) is 0 Å². The molecule has 0 N–H and O–H groups in total. The maximum absolute atomic E-state index is 2.51. The van der Waals surface area contributed by atoms with E-state index in [4.69, 9.17) is 0 Å². The van der Waals surface area contributed by atoms with Crippen LogP contribution in [0, 0.1) is 10.8 Å². The molecular weight excluding hydrogens is 194 g/mol. The largest absolute Gasteiger partial charge is 0.305 e. The van der Waals surface area contributed by atoms with Gasteiger partial charge >= 0.3 is 0 Å². The Morgan fingerprint density at radius 1 is 0.875 bits per heavy atom. The van der Waals surface area contributed by atoms with Gasteiger partial charge in [0, 0.05) is 13.1 Å². The standard InChI is InChI=1S/C15H33N/c1-8-10-11-15(5,6)13-16(7)12-14(3,4)9-2/h8-13H2,1-7H3. The molecule has 0 atom stereocenters. The molecule has 0 rings (SSSR count). The first-order chi connectivity index (χ1) is 7.22. The van der Waals surface area contributed by atoms with Crippen molar-refractivity contribution in [2.45, 2.75) is 67.2 Å². The smallest absolute Gasteiger partial charge is 0.00299 e. The summed E-state index contributed by atoms with van der Waals surface area (Å²) in [7, 11) is 2.27. The summed E-state index contributed by atoms with van der Waals surface area (Å²) in [5.74, 6) is 0. The van der Waals surface area contributed by atoms with E-state index in [2.05, 4.69) is 53.5 Å². The molecule has 0 aliphatic carbocycles. The Morgan fingerprint density at radius 2 is 1.38 bits per heavy atom. The Bertz CT molecular complexity index is 182. The van der Waals surface area contributed by atoms with Gasteiger partial charge in [-0.2, -0.15) is 0 Å². The molecule has 1 heteroatoms. The summed E-state index contributed by atoms with van der Waals surface area (Å²) in [5, 5.41) is 0. The van der Waals surface area contributed by atoms with Crippen LogP contribution in [0.1, 0.15) is 67.2 Å². The number of rotatable bonds is 8. The second-order valence-corrected chi connectivity index (χ2v) is 6.96. The van der Waals surface area contributed by atoms with Crippen LogP contribution in [0.4, 0.5) is 0 Å². The fourth-order valence-electron chi connectivity index (χ4n) is 2.36. The summed E-state index contributed by atoms with van der Waals surface area (Å²) >= 11 is 0.